The average Bonchev–Trinajstić information content (AvgIpc) is 2.54. The Morgan fingerprint density at radius 2 is 1.77 bits per heavy atom. The Kier molecular flexibility index (Phi) is 6.23. The lowest BCUT2D eigenvalue weighted by atomic mass is 10.1. The maximum atomic E-state index is 12.4. The number of amides is 2. The van der Waals surface area contributed by atoms with Crippen molar-refractivity contribution in [2.24, 2.45) is 0 Å². The number of benzene rings is 1. The molecule has 0 aliphatic carbocycles. The van der Waals surface area contributed by atoms with Gasteiger partial charge >= 0.3 is 12.1 Å². The second-order valence-electron chi connectivity index (χ2n) is 7.10. The third-order valence-corrected chi connectivity index (χ3v) is 3.77. The zero-order chi connectivity index (χ0) is 19.3. The number of piperazine rings is 1. The molecule has 0 saturated carbocycles. The first-order valence-electron chi connectivity index (χ1n) is 8.72. The lowest BCUT2D eigenvalue weighted by Crippen LogP contribution is -2.53. The van der Waals surface area contributed by atoms with E-state index in [1.54, 1.807) is 56.9 Å². The molecule has 7 heteroatoms. The van der Waals surface area contributed by atoms with Crippen LogP contribution in [0, 0.1) is 0 Å². The standard InChI is InChI=1S/C19H26N2O5/c1-5-25-17(23)12-14-6-8-15(9-7-14)21-11-10-20(13-16(21)22)18(24)26-19(2,3)4/h6-9H,5,10-13H2,1-4H3. The summed E-state index contributed by atoms with van der Waals surface area (Å²) < 4.78 is 10.2. The first-order chi connectivity index (χ1) is 12.2. The number of ether oxygens (including phenoxy) is 2. The maximum absolute atomic E-state index is 12.4. The number of nitrogens with zero attached hydrogens (tertiary/aromatic N) is 2. The molecule has 1 heterocycles. The second-order valence-corrected chi connectivity index (χ2v) is 7.10. The third-order valence-electron chi connectivity index (χ3n) is 3.77. The smallest absolute Gasteiger partial charge is 0.410 e. The van der Waals surface area contributed by atoms with E-state index in [2.05, 4.69) is 0 Å². The highest BCUT2D eigenvalue weighted by molar-refractivity contribution is 5.97. The number of carbonyl (C=O) groups is 3. The molecule has 1 saturated heterocycles. The Labute approximate surface area is 153 Å². The van der Waals surface area contributed by atoms with Crippen LogP contribution >= 0.6 is 0 Å². The summed E-state index contributed by atoms with van der Waals surface area (Å²) in [4.78, 5) is 39.1. The van der Waals surface area contributed by atoms with Crippen molar-refractivity contribution in [1.29, 1.82) is 0 Å². The van der Waals surface area contributed by atoms with Gasteiger partial charge in [0.25, 0.3) is 0 Å². The number of rotatable bonds is 4. The molecular formula is C19H26N2O5. The minimum absolute atomic E-state index is 0.0144. The average molecular weight is 362 g/mol. The Bertz CT molecular complexity index is 664. The predicted octanol–water partition coefficient (Wildman–Crippen LogP) is 2.38. The van der Waals surface area contributed by atoms with E-state index in [4.69, 9.17) is 9.47 Å². The molecule has 1 fully saturated rings. The summed E-state index contributed by atoms with van der Waals surface area (Å²) in [5.41, 5.74) is 0.977. The van der Waals surface area contributed by atoms with E-state index in [1.807, 2.05) is 0 Å². The molecule has 26 heavy (non-hydrogen) atoms. The van der Waals surface area contributed by atoms with Crippen molar-refractivity contribution in [2.75, 3.05) is 31.1 Å². The van der Waals surface area contributed by atoms with Gasteiger partial charge in [-0.15, -0.1) is 0 Å². The van der Waals surface area contributed by atoms with Crippen molar-refractivity contribution in [1.82, 2.24) is 4.90 Å². The van der Waals surface area contributed by atoms with Gasteiger partial charge < -0.3 is 14.4 Å². The molecule has 0 radical (unpaired) electrons. The van der Waals surface area contributed by atoms with Crippen LogP contribution in [0.4, 0.5) is 10.5 Å². The van der Waals surface area contributed by atoms with Crippen molar-refractivity contribution in [3.8, 4) is 0 Å². The van der Waals surface area contributed by atoms with E-state index in [0.717, 1.165) is 11.3 Å². The van der Waals surface area contributed by atoms with Crippen molar-refractivity contribution in [3.05, 3.63) is 29.8 Å². The zero-order valence-electron chi connectivity index (χ0n) is 15.8. The fourth-order valence-electron chi connectivity index (χ4n) is 2.60. The normalized spacial score (nSPS) is 15.0. The lowest BCUT2D eigenvalue weighted by Gasteiger charge is -2.35. The summed E-state index contributed by atoms with van der Waals surface area (Å²) in [5.74, 6) is -0.442. The van der Waals surface area contributed by atoms with Gasteiger partial charge in [0.05, 0.1) is 13.0 Å². The topological polar surface area (TPSA) is 76.2 Å². The third kappa shape index (κ3) is 5.47. The van der Waals surface area contributed by atoms with Crippen molar-refractivity contribution < 1.29 is 23.9 Å². The van der Waals surface area contributed by atoms with Gasteiger partial charge in [0, 0.05) is 18.8 Å². The number of hydrogen-bond donors (Lipinski definition) is 0. The fraction of sp³-hybridized carbons (Fsp3) is 0.526. The minimum atomic E-state index is -0.591. The molecule has 1 aliphatic rings. The van der Waals surface area contributed by atoms with Gasteiger partial charge in [0.2, 0.25) is 5.91 Å². The quantitative estimate of drug-likeness (QED) is 0.769. The van der Waals surface area contributed by atoms with Gasteiger partial charge in [-0.05, 0) is 45.4 Å². The largest absolute Gasteiger partial charge is 0.466 e. The van der Waals surface area contributed by atoms with Crippen molar-refractivity contribution in [2.45, 2.75) is 39.7 Å². The van der Waals surface area contributed by atoms with Crippen LogP contribution in [0.25, 0.3) is 0 Å². The van der Waals surface area contributed by atoms with Crippen molar-refractivity contribution in [3.63, 3.8) is 0 Å². The lowest BCUT2D eigenvalue weighted by molar-refractivity contribution is -0.142. The molecule has 1 aromatic rings. The second kappa shape index (κ2) is 8.21. The van der Waals surface area contributed by atoms with Crippen LogP contribution in [0.3, 0.4) is 0 Å². The van der Waals surface area contributed by atoms with Gasteiger partial charge in [0.15, 0.2) is 0 Å². The van der Waals surface area contributed by atoms with Crippen LogP contribution in [-0.2, 0) is 25.5 Å². The molecule has 2 rings (SSSR count). The summed E-state index contributed by atoms with van der Waals surface area (Å²) >= 11 is 0. The van der Waals surface area contributed by atoms with Gasteiger partial charge in [-0.2, -0.15) is 0 Å². The van der Waals surface area contributed by atoms with E-state index in [0.29, 0.717) is 19.7 Å². The maximum Gasteiger partial charge on any atom is 0.410 e. The highest BCUT2D eigenvalue weighted by Gasteiger charge is 2.30. The SMILES string of the molecule is CCOC(=O)Cc1ccc(N2CCN(C(=O)OC(C)(C)C)CC2=O)cc1. The fourth-order valence-corrected chi connectivity index (χ4v) is 2.60. The molecule has 0 unspecified atom stereocenters. The Balaban J connectivity index is 1.96. The van der Waals surface area contributed by atoms with Crippen LogP contribution in [0.2, 0.25) is 0 Å². The van der Waals surface area contributed by atoms with Crippen molar-refractivity contribution >= 4 is 23.7 Å². The van der Waals surface area contributed by atoms with E-state index in [9.17, 15) is 14.4 Å². The molecule has 0 N–H and O–H groups in total. The monoisotopic (exact) mass is 362 g/mol. The minimum Gasteiger partial charge on any atom is -0.466 e. The van der Waals surface area contributed by atoms with Crippen LogP contribution in [0.1, 0.15) is 33.3 Å². The number of carbonyl (C=O) groups excluding carboxylic acids is 3. The molecule has 0 atom stereocenters. The van der Waals surface area contributed by atoms with Crippen LogP contribution in [0.5, 0.6) is 0 Å². The van der Waals surface area contributed by atoms with Gasteiger partial charge in [-0.1, -0.05) is 12.1 Å². The first kappa shape index (κ1) is 19.8. The molecule has 0 aromatic heterocycles. The first-order valence-corrected chi connectivity index (χ1v) is 8.72. The number of anilines is 1. The highest BCUT2D eigenvalue weighted by Crippen LogP contribution is 2.20. The van der Waals surface area contributed by atoms with Gasteiger partial charge in [0.1, 0.15) is 12.1 Å². The van der Waals surface area contributed by atoms with Crippen LogP contribution < -0.4 is 4.90 Å². The van der Waals surface area contributed by atoms with E-state index in [-0.39, 0.29) is 24.8 Å². The number of hydrogen-bond acceptors (Lipinski definition) is 5. The predicted molar refractivity (Wildman–Crippen MR) is 96.9 cm³/mol. The van der Waals surface area contributed by atoms with E-state index in [1.165, 1.54) is 4.90 Å². The van der Waals surface area contributed by atoms with Crippen LogP contribution in [-0.4, -0.2) is 54.7 Å². The highest BCUT2D eigenvalue weighted by atomic mass is 16.6. The molecule has 1 aromatic carbocycles. The summed E-state index contributed by atoms with van der Waals surface area (Å²) in [6, 6.07) is 7.21. The summed E-state index contributed by atoms with van der Waals surface area (Å²) in [6.07, 6.45) is -0.274. The molecule has 1 aliphatic heterocycles. The van der Waals surface area contributed by atoms with E-state index >= 15 is 0 Å². The summed E-state index contributed by atoms with van der Waals surface area (Å²) in [5, 5.41) is 0. The molecule has 0 spiro atoms. The van der Waals surface area contributed by atoms with E-state index < -0.39 is 11.7 Å². The van der Waals surface area contributed by atoms with Crippen LogP contribution in [0.15, 0.2) is 24.3 Å². The van der Waals surface area contributed by atoms with Gasteiger partial charge in [-0.3, -0.25) is 14.5 Å². The molecular weight excluding hydrogens is 336 g/mol. The number of esters is 1. The zero-order valence-corrected chi connectivity index (χ0v) is 15.8. The molecule has 2 amide bonds. The summed E-state index contributed by atoms with van der Waals surface area (Å²) in [6.45, 7) is 8.29. The molecule has 7 nitrogen and oxygen atoms in total. The Morgan fingerprint density at radius 3 is 2.31 bits per heavy atom. The Morgan fingerprint density at radius 1 is 1.12 bits per heavy atom. The molecule has 0 bridgehead atoms. The van der Waals surface area contributed by atoms with Gasteiger partial charge in [-0.25, -0.2) is 4.79 Å². The Hall–Kier alpha value is -2.57. The summed E-state index contributed by atoms with van der Waals surface area (Å²) in [7, 11) is 0. The molecule has 142 valence electrons.